The Morgan fingerprint density at radius 2 is 2.18 bits per heavy atom. The highest BCUT2D eigenvalue weighted by Gasteiger charge is 2.17. The van der Waals surface area contributed by atoms with Crippen LogP contribution < -0.4 is 5.32 Å². The Kier molecular flexibility index (Phi) is 3.86. The summed E-state index contributed by atoms with van der Waals surface area (Å²) in [7, 11) is 0. The normalized spacial score (nSPS) is 12.6. The van der Waals surface area contributed by atoms with Gasteiger partial charge in [-0.3, -0.25) is 0 Å². The van der Waals surface area contributed by atoms with Gasteiger partial charge in [0.15, 0.2) is 0 Å². The maximum atomic E-state index is 4.52. The average Bonchev–Trinajstić information content (AvgIpc) is 2.72. The number of aromatic nitrogens is 2. The van der Waals surface area contributed by atoms with Gasteiger partial charge in [0, 0.05) is 11.1 Å². The average molecular weight is 247 g/mol. The van der Waals surface area contributed by atoms with Crippen molar-refractivity contribution < 1.29 is 0 Å². The second-order valence-electron chi connectivity index (χ2n) is 3.99. The maximum absolute atomic E-state index is 4.52. The van der Waals surface area contributed by atoms with Gasteiger partial charge in [-0.2, -0.15) is 0 Å². The predicted molar refractivity (Wildman–Crippen MR) is 71.3 cm³/mol. The molecule has 90 valence electrons. The van der Waals surface area contributed by atoms with Crippen molar-refractivity contribution in [1.82, 2.24) is 15.3 Å². The first-order valence-corrected chi connectivity index (χ1v) is 6.67. The molecule has 0 amide bonds. The largest absolute Gasteiger partial charge is 0.305 e. The van der Waals surface area contributed by atoms with Crippen molar-refractivity contribution in [2.45, 2.75) is 26.8 Å². The van der Waals surface area contributed by atoms with Gasteiger partial charge in [0.1, 0.15) is 5.82 Å². The van der Waals surface area contributed by atoms with Crippen LogP contribution in [0.5, 0.6) is 0 Å². The molecule has 4 heteroatoms. The zero-order valence-corrected chi connectivity index (χ0v) is 11.2. The maximum Gasteiger partial charge on any atom is 0.125 e. The first kappa shape index (κ1) is 12.2. The summed E-state index contributed by atoms with van der Waals surface area (Å²) in [6.45, 7) is 7.10. The number of nitrogens with one attached hydrogen (secondary N) is 1. The Morgan fingerprint density at radius 1 is 1.35 bits per heavy atom. The number of hydrogen-bond acceptors (Lipinski definition) is 4. The van der Waals surface area contributed by atoms with E-state index in [1.807, 2.05) is 19.2 Å². The van der Waals surface area contributed by atoms with Crippen molar-refractivity contribution in [1.29, 1.82) is 0 Å². The Bertz CT molecular complexity index is 493. The lowest BCUT2D eigenvalue weighted by Crippen LogP contribution is -2.23. The summed E-state index contributed by atoms with van der Waals surface area (Å²) in [4.78, 5) is 10.0. The second kappa shape index (κ2) is 5.38. The first-order chi connectivity index (χ1) is 8.22. The van der Waals surface area contributed by atoms with Crippen LogP contribution in [0.4, 0.5) is 0 Å². The predicted octanol–water partition coefficient (Wildman–Crippen LogP) is 2.85. The van der Waals surface area contributed by atoms with E-state index in [0.29, 0.717) is 0 Å². The zero-order valence-electron chi connectivity index (χ0n) is 10.4. The van der Waals surface area contributed by atoms with Crippen molar-refractivity contribution in [3.8, 4) is 0 Å². The quantitative estimate of drug-likeness (QED) is 0.902. The van der Waals surface area contributed by atoms with E-state index in [9.17, 15) is 0 Å². The summed E-state index contributed by atoms with van der Waals surface area (Å²) in [5.41, 5.74) is 2.36. The highest BCUT2D eigenvalue weighted by atomic mass is 32.1. The molecule has 1 atom stereocenters. The number of rotatable bonds is 4. The Balaban J connectivity index is 2.39. The van der Waals surface area contributed by atoms with Crippen LogP contribution in [0, 0.1) is 13.8 Å². The third-order valence-electron chi connectivity index (χ3n) is 2.67. The molecule has 1 unspecified atom stereocenters. The molecule has 1 N–H and O–H groups in total. The zero-order chi connectivity index (χ0) is 12.3. The first-order valence-electron chi connectivity index (χ1n) is 5.79. The van der Waals surface area contributed by atoms with E-state index in [1.54, 1.807) is 11.3 Å². The summed E-state index contributed by atoms with van der Waals surface area (Å²) in [5.74, 6) is 0.819. The molecule has 0 aliphatic carbocycles. The fraction of sp³-hybridized carbons (Fsp3) is 0.385. The fourth-order valence-electron chi connectivity index (χ4n) is 1.85. The van der Waals surface area contributed by atoms with Crippen LogP contribution in [0.15, 0.2) is 23.7 Å². The lowest BCUT2D eigenvalue weighted by Gasteiger charge is -2.17. The van der Waals surface area contributed by atoms with Gasteiger partial charge < -0.3 is 5.32 Å². The minimum atomic E-state index is 0.182. The van der Waals surface area contributed by atoms with E-state index in [-0.39, 0.29) is 6.04 Å². The van der Waals surface area contributed by atoms with Gasteiger partial charge in [0.25, 0.3) is 0 Å². The fourth-order valence-corrected chi connectivity index (χ4v) is 2.86. The molecule has 17 heavy (non-hydrogen) atoms. The molecule has 0 aliphatic heterocycles. The molecule has 2 aromatic heterocycles. The number of aryl methyl sites for hydroxylation is 2. The molecular formula is C13H17N3S. The number of thiophene rings is 1. The molecule has 2 rings (SSSR count). The van der Waals surface area contributed by atoms with E-state index in [4.69, 9.17) is 0 Å². The van der Waals surface area contributed by atoms with Crippen molar-refractivity contribution in [3.63, 3.8) is 0 Å². The van der Waals surface area contributed by atoms with Crippen LogP contribution in [0.2, 0.25) is 0 Å². The van der Waals surface area contributed by atoms with E-state index < -0.39 is 0 Å². The monoisotopic (exact) mass is 247 g/mol. The van der Waals surface area contributed by atoms with Crippen molar-refractivity contribution in [2.24, 2.45) is 0 Å². The van der Waals surface area contributed by atoms with Gasteiger partial charge in [-0.15, -0.1) is 11.3 Å². The molecular weight excluding hydrogens is 230 g/mol. The third-order valence-corrected chi connectivity index (χ3v) is 3.75. The van der Waals surface area contributed by atoms with E-state index in [1.165, 1.54) is 10.4 Å². The van der Waals surface area contributed by atoms with E-state index >= 15 is 0 Å². The van der Waals surface area contributed by atoms with Gasteiger partial charge in [-0.25, -0.2) is 9.97 Å². The molecule has 0 bridgehead atoms. The summed E-state index contributed by atoms with van der Waals surface area (Å²) < 4.78 is 0. The molecule has 2 aromatic rings. The highest BCUT2D eigenvalue weighted by molar-refractivity contribution is 7.10. The Labute approximate surface area is 106 Å². The lowest BCUT2D eigenvalue weighted by molar-refractivity contribution is 0.618. The Morgan fingerprint density at radius 3 is 2.76 bits per heavy atom. The highest BCUT2D eigenvalue weighted by Crippen LogP contribution is 2.28. The van der Waals surface area contributed by atoms with Gasteiger partial charge in [-0.05, 0) is 43.5 Å². The molecule has 0 saturated heterocycles. The standard InChI is InChI=1S/C13H17N3S/c1-4-14-12(13-9(2)6-8-17-13)11-5-7-15-10(3)16-11/h5-8,12,14H,4H2,1-3H3. The summed E-state index contributed by atoms with van der Waals surface area (Å²) >= 11 is 1.78. The number of hydrogen-bond donors (Lipinski definition) is 1. The molecule has 0 aromatic carbocycles. The topological polar surface area (TPSA) is 37.8 Å². The van der Waals surface area contributed by atoms with Gasteiger partial charge >= 0.3 is 0 Å². The van der Waals surface area contributed by atoms with Gasteiger partial charge in [0.2, 0.25) is 0 Å². The van der Waals surface area contributed by atoms with Crippen molar-refractivity contribution in [2.75, 3.05) is 6.54 Å². The molecule has 0 aliphatic rings. The minimum absolute atomic E-state index is 0.182. The molecule has 3 nitrogen and oxygen atoms in total. The molecule has 2 heterocycles. The lowest BCUT2D eigenvalue weighted by atomic mass is 10.1. The minimum Gasteiger partial charge on any atom is -0.305 e. The van der Waals surface area contributed by atoms with Gasteiger partial charge in [0.05, 0.1) is 11.7 Å². The molecule has 0 radical (unpaired) electrons. The second-order valence-corrected chi connectivity index (χ2v) is 4.93. The third kappa shape index (κ3) is 2.70. The van der Waals surface area contributed by atoms with Crippen LogP contribution in [0.1, 0.15) is 34.9 Å². The van der Waals surface area contributed by atoms with Gasteiger partial charge in [-0.1, -0.05) is 6.92 Å². The molecule has 0 spiro atoms. The summed E-state index contributed by atoms with van der Waals surface area (Å²) in [6.07, 6.45) is 1.82. The molecule has 0 saturated carbocycles. The van der Waals surface area contributed by atoms with Crippen LogP contribution in [0.25, 0.3) is 0 Å². The summed E-state index contributed by atoms with van der Waals surface area (Å²) in [6, 6.07) is 4.32. The molecule has 0 fully saturated rings. The van der Waals surface area contributed by atoms with E-state index in [0.717, 1.165) is 18.1 Å². The number of nitrogens with zero attached hydrogens (tertiary/aromatic N) is 2. The van der Waals surface area contributed by atoms with Crippen LogP contribution in [-0.2, 0) is 0 Å². The Hall–Kier alpha value is -1.26. The van der Waals surface area contributed by atoms with Crippen molar-refractivity contribution in [3.05, 3.63) is 45.7 Å². The smallest absolute Gasteiger partial charge is 0.125 e. The summed E-state index contributed by atoms with van der Waals surface area (Å²) in [5, 5.41) is 5.62. The van der Waals surface area contributed by atoms with Crippen LogP contribution in [-0.4, -0.2) is 16.5 Å². The van der Waals surface area contributed by atoms with Crippen LogP contribution >= 0.6 is 11.3 Å². The van der Waals surface area contributed by atoms with E-state index in [2.05, 4.69) is 40.6 Å². The van der Waals surface area contributed by atoms with Crippen molar-refractivity contribution >= 4 is 11.3 Å². The SMILES string of the molecule is CCNC(c1ccnc(C)n1)c1sccc1C. The van der Waals surface area contributed by atoms with Crippen LogP contribution in [0.3, 0.4) is 0 Å².